The van der Waals surface area contributed by atoms with E-state index < -0.39 is 17.6 Å². The molecule has 0 aromatic carbocycles. The Morgan fingerprint density at radius 1 is 1.15 bits per heavy atom. The minimum Gasteiger partial charge on any atom is -0.350 e. The Labute approximate surface area is 120 Å². The molecule has 0 aliphatic rings. The number of amides is 4. The van der Waals surface area contributed by atoms with Crippen molar-refractivity contribution in [3.8, 4) is 0 Å². The molecule has 2 unspecified atom stereocenters. The first-order valence-corrected chi connectivity index (χ1v) is 6.70. The summed E-state index contributed by atoms with van der Waals surface area (Å²) < 4.78 is 0. The second-order valence-corrected chi connectivity index (χ2v) is 5.87. The van der Waals surface area contributed by atoms with E-state index in [-0.39, 0.29) is 6.04 Å². The van der Waals surface area contributed by atoms with Gasteiger partial charge in [-0.25, -0.2) is 21.3 Å². The number of hydrazine groups is 2. The molecule has 0 saturated heterocycles. The fourth-order valence-electron chi connectivity index (χ4n) is 2.08. The highest BCUT2D eigenvalue weighted by Gasteiger charge is 2.34. The lowest BCUT2D eigenvalue weighted by Crippen LogP contribution is -2.59. The van der Waals surface area contributed by atoms with Gasteiger partial charge in [-0.05, 0) is 32.6 Å². The number of carbonyl (C=O) groups excluding carboxylic acids is 2. The van der Waals surface area contributed by atoms with Crippen molar-refractivity contribution in [3.05, 3.63) is 0 Å². The molecule has 0 saturated carbocycles. The first kappa shape index (κ1) is 18.5. The molecule has 8 heteroatoms. The van der Waals surface area contributed by atoms with Crippen LogP contribution in [0.2, 0.25) is 0 Å². The summed E-state index contributed by atoms with van der Waals surface area (Å²) in [7, 11) is 0. The van der Waals surface area contributed by atoms with Gasteiger partial charge in [-0.15, -0.1) is 0 Å². The fourth-order valence-corrected chi connectivity index (χ4v) is 2.08. The molecule has 0 aliphatic carbocycles. The molecule has 4 amide bonds. The lowest BCUT2D eigenvalue weighted by atomic mass is 9.88. The SMILES string of the molecule is CCC(C)CC(CC(C)(C)N(N)C(N)=O)N(N)C(N)=O. The molecule has 8 nitrogen and oxygen atoms in total. The van der Waals surface area contributed by atoms with Crippen molar-refractivity contribution in [2.24, 2.45) is 29.1 Å². The van der Waals surface area contributed by atoms with E-state index in [2.05, 4.69) is 13.8 Å². The van der Waals surface area contributed by atoms with Crippen LogP contribution in [0.5, 0.6) is 0 Å². The van der Waals surface area contributed by atoms with Gasteiger partial charge in [-0.1, -0.05) is 20.3 Å². The molecule has 0 fully saturated rings. The normalized spacial score (nSPS) is 14.5. The van der Waals surface area contributed by atoms with Crippen LogP contribution in [0, 0.1) is 5.92 Å². The maximum absolute atomic E-state index is 11.3. The number of rotatable bonds is 7. The van der Waals surface area contributed by atoms with Crippen LogP contribution in [-0.4, -0.2) is 33.7 Å². The molecule has 0 rings (SSSR count). The predicted octanol–water partition coefficient (Wildman–Crippen LogP) is 0.469. The van der Waals surface area contributed by atoms with E-state index in [1.54, 1.807) is 13.8 Å². The van der Waals surface area contributed by atoms with Crippen molar-refractivity contribution in [1.82, 2.24) is 10.0 Å². The smallest absolute Gasteiger partial charge is 0.329 e. The molecular formula is C12H28N6O2. The second-order valence-electron chi connectivity index (χ2n) is 5.87. The summed E-state index contributed by atoms with van der Waals surface area (Å²) in [5.74, 6) is 11.8. The van der Waals surface area contributed by atoms with Crippen LogP contribution in [-0.2, 0) is 0 Å². The number of nitrogens with zero attached hydrogens (tertiary/aromatic N) is 2. The zero-order chi connectivity index (χ0) is 16.1. The van der Waals surface area contributed by atoms with Gasteiger partial charge in [0.25, 0.3) is 0 Å². The van der Waals surface area contributed by atoms with E-state index in [4.69, 9.17) is 23.2 Å². The molecule has 20 heavy (non-hydrogen) atoms. The average molecular weight is 288 g/mol. The van der Waals surface area contributed by atoms with Crippen LogP contribution >= 0.6 is 0 Å². The molecule has 8 N–H and O–H groups in total. The molecule has 0 spiro atoms. The summed E-state index contributed by atoms with van der Waals surface area (Å²) in [4.78, 5) is 22.5. The Hall–Kier alpha value is -1.54. The van der Waals surface area contributed by atoms with Gasteiger partial charge in [0, 0.05) is 0 Å². The van der Waals surface area contributed by atoms with Gasteiger partial charge in [0.05, 0.1) is 11.6 Å². The molecule has 0 heterocycles. The van der Waals surface area contributed by atoms with Crippen molar-refractivity contribution >= 4 is 12.1 Å². The summed E-state index contributed by atoms with van der Waals surface area (Å²) in [5, 5.41) is 1.95. The average Bonchev–Trinajstić information content (AvgIpc) is 2.35. The van der Waals surface area contributed by atoms with E-state index in [1.807, 2.05) is 0 Å². The molecule has 0 aromatic heterocycles. The Balaban J connectivity index is 5.04. The highest BCUT2D eigenvalue weighted by molar-refractivity contribution is 5.72. The molecule has 0 aromatic rings. The van der Waals surface area contributed by atoms with E-state index >= 15 is 0 Å². The van der Waals surface area contributed by atoms with Crippen molar-refractivity contribution in [2.75, 3.05) is 0 Å². The van der Waals surface area contributed by atoms with E-state index in [0.717, 1.165) is 16.4 Å². The fraction of sp³-hybridized carbons (Fsp3) is 0.833. The Morgan fingerprint density at radius 2 is 1.65 bits per heavy atom. The van der Waals surface area contributed by atoms with Gasteiger partial charge >= 0.3 is 12.1 Å². The van der Waals surface area contributed by atoms with Crippen LogP contribution in [0.25, 0.3) is 0 Å². The van der Waals surface area contributed by atoms with Crippen molar-refractivity contribution in [2.45, 2.75) is 58.5 Å². The standard InChI is InChI=1S/C12H28N6O2/c1-5-8(2)6-9(17(15)10(13)19)7-12(3,4)18(16)11(14)20/h8-9H,5-7,15-16H2,1-4H3,(H2,13,19)(H2,14,20). The van der Waals surface area contributed by atoms with Crippen LogP contribution in [0.15, 0.2) is 0 Å². The number of urea groups is 2. The monoisotopic (exact) mass is 288 g/mol. The summed E-state index contributed by atoms with van der Waals surface area (Å²) >= 11 is 0. The van der Waals surface area contributed by atoms with Crippen LogP contribution < -0.4 is 23.2 Å². The third-order valence-corrected chi connectivity index (χ3v) is 3.64. The lowest BCUT2D eigenvalue weighted by Gasteiger charge is -2.39. The number of hydrogen-bond donors (Lipinski definition) is 4. The Bertz CT molecular complexity index is 347. The third-order valence-electron chi connectivity index (χ3n) is 3.64. The minimum absolute atomic E-state index is 0.317. The molecule has 118 valence electrons. The molecule has 0 radical (unpaired) electrons. The number of primary amides is 2. The first-order valence-electron chi connectivity index (χ1n) is 6.70. The molecule has 0 aliphatic heterocycles. The zero-order valence-corrected chi connectivity index (χ0v) is 12.8. The molecular weight excluding hydrogens is 260 g/mol. The highest BCUT2D eigenvalue weighted by atomic mass is 16.2. The third kappa shape index (κ3) is 5.22. The van der Waals surface area contributed by atoms with Gasteiger partial charge in [0.15, 0.2) is 0 Å². The van der Waals surface area contributed by atoms with E-state index in [9.17, 15) is 9.59 Å². The highest BCUT2D eigenvalue weighted by Crippen LogP contribution is 2.24. The molecule has 0 bridgehead atoms. The number of nitrogens with two attached hydrogens (primary N) is 4. The lowest BCUT2D eigenvalue weighted by molar-refractivity contribution is 0.0948. The van der Waals surface area contributed by atoms with Crippen LogP contribution in [0.1, 0.15) is 47.0 Å². The van der Waals surface area contributed by atoms with Crippen molar-refractivity contribution in [1.29, 1.82) is 0 Å². The van der Waals surface area contributed by atoms with Crippen LogP contribution in [0.3, 0.4) is 0 Å². The summed E-state index contributed by atoms with van der Waals surface area (Å²) in [6.07, 6.45) is 2.01. The summed E-state index contributed by atoms with van der Waals surface area (Å²) in [6.45, 7) is 7.63. The number of hydrogen-bond acceptors (Lipinski definition) is 4. The van der Waals surface area contributed by atoms with E-state index in [1.165, 1.54) is 0 Å². The predicted molar refractivity (Wildman–Crippen MR) is 77.8 cm³/mol. The van der Waals surface area contributed by atoms with Gasteiger partial charge in [-0.2, -0.15) is 0 Å². The van der Waals surface area contributed by atoms with Crippen molar-refractivity contribution in [3.63, 3.8) is 0 Å². The summed E-state index contributed by atoms with van der Waals surface area (Å²) in [5.41, 5.74) is 9.68. The quantitative estimate of drug-likeness (QED) is 0.306. The van der Waals surface area contributed by atoms with Gasteiger partial charge in [0.1, 0.15) is 0 Å². The minimum atomic E-state index is -0.739. The molecule has 2 atom stereocenters. The van der Waals surface area contributed by atoms with Crippen molar-refractivity contribution < 1.29 is 9.59 Å². The van der Waals surface area contributed by atoms with E-state index in [0.29, 0.717) is 18.8 Å². The Kier molecular flexibility index (Phi) is 6.74. The Morgan fingerprint density at radius 3 is 2.00 bits per heavy atom. The largest absolute Gasteiger partial charge is 0.350 e. The zero-order valence-electron chi connectivity index (χ0n) is 12.8. The maximum atomic E-state index is 11.3. The van der Waals surface area contributed by atoms with Gasteiger partial charge in [0.2, 0.25) is 0 Å². The topological polar surface area (TPSA) is 145 Å². The first-order chi connectivity index (χ1) is 9.02. The van der Waals surface area contributed by atoms with Crippen LogP contribution in [0.4, 0.5) is 9.59 Å². The second kappa shape index (κ2) is 7.30. The summed E-state index contributed by atoms with van der Waals surface area (Å²) in [6, 6.07) is -1.76. The van der Waals surface area contributed by atoms with Gasteiger partial charge in [-0.3, -0.25) is 10.0 Å². The number of carbonyl (C=O) groups is 2. The maximum Gasteiger partial charge on any atom is 0.329 e. The van der Waals surface area contributed by atoms with Gasteiger partial charge < -0.3 is 11.5 Å².